The lowest BCUT2D eigenvalue weighted by Crippen LogP contribution is -2.25. The van der Waals surface area contributed by atoms with Crippen LogP contribution < -0.4 is 9.47 Å². The molecule has 6 heteroatoms. The van der Waals surface area contributed by atoms with E-state index in [1.54, 1.807) is 25.1 Å². The lowest BCUT2D eigenvalue weighted by atomic mass is 10.2. The van der Waals surface area contributed by atoms with E-state index in [9.17, 15) is 4.79 Å². The van der Waals surface area contributed by atoms with Gasteiger partial charge in [0.25, 0.3) is 0 Å². The van der Waals surface area contributed by atoms with E-state index in [1.165, 1.54) is 7.11 Å². The van der Waals surface area contributed by atoms with Gasteiger partial charge in [-0.1, -0.05) is 6.92 Å². The van der Waals surface area contributed by atoms with Crippen molar-refractivity contribution in [2.75, 3.05) is 7.11 Å². The Hall–Kier alpha value is -1.40. The molecule has 1 atom stereocenters. The van der Waals surface area contributed by atoms with E-state index in [0.717, 1.165) is 0 Å². The average molecular weight is 258 g/mol. The Morgan fingerprint density at radius 1 is 1.53 bits per heavy atom. The Kier molecular flexibility index (Phi) is 5.11. The molecule has 0 saturated heterocycles. The van der Waals surface area contributed by atoms with Crippen molar-refractivity contribution in [1.82, 2.24) is 0 Å². The van der Waals surface area contributed by atoms with Gasteiger partial charge in [-0.05, 0) is 18.6 Å². The largest absolute Gasteiger partial charge is 0.495 e. The lowest BCUT2D eigenvalue weighted by molar-refractivity contribution is -0.145. The second-order valence-corrected chi connectivity index (χ2v) is 3.88. The van der Waals surface area contributed by atoms with Crippen LogP contribution in [-0.4, -0.2) is 28.8 Å². The Morgan fingerprint density at radius 3 is 2.71 bits per heavy atom. The van der Waals surface area contributed by atoms with Crippen molar-refractivity contribution in [3.05, 3.63) is 18.2 Å². The van der Waals surface area contributed by atoms with Crippen LogP contribution in [0.2, 0.25) is 0 Å². The number of aliphatic carboxylic acids is 1. The van der Waals surface area contributed by atoms with Crippen LogP contribution in [0, 0.1) is 0 Å². The first-order chi connectivity index (χ1) is 8.12. The smallest absolute Gasteiger partial charge is 0.344 e. The molecule has 2 N–H and O–H groups in total. The van der Waals surface area contributed by atoms with Gasteiger partial charge in [0.2, 0.25) is 0 Å². The molecule has 1 aromatic rings. The quantitative estimate of drug-likeness (QED) is 0.763. The lowest BCUT2D eigenvalue weighted by Gasteiger charge is -2.14. The molecular formula is C11H14O5S. The molecule has 5 nitrogen and oxygen atoms in total. The Balaban J connectivity index is 2.88. The van der Waals surface area contributed by atoms with Crippen LogP contribution >= 0.6 is 12.0 Å². The molecule has 0 radical (unpaired) electrons. The van der Waals surface area contributed by atoms with Gasteiger partial charge in [-0.15, -0.1) is 0 Å². The third-order valence-corrected chi connectivity index (χ3v) is 2.69. The predicted molar refractivity (Wildman–Crippen MR) is 63.8 cm³/mol. The highest BCUT2D eigenvalue weighted by Crippen LogP contribution is 2.31. The van der Waals surface area contributed by atoms with Gasteiger partial charge in [0, 0.05) is 18.1 Å². The summed E-state index contributed by atoms with van der Waals surface area (Å²) in [5.74, 6) is -0.170. The minimum atomic E-state index is -1.01. The summed E-state index contributed by atoms with van der Waals surface area (Å²) in [6.07, 6.45) is -0.513. The number of ether oxygens (including phenoxy) is 2. The van der Waals surface area contributed by atoms with Gasteiger partial charge >= 0.3 is 5.97 Å². The molecule has 0 bridgehead atoms. The van der Waals surface area contributed by atoms with E-state index >= 15 is 0 Å². The molecule has 0 spiro atoms. The summed E-state index contributed by atoms with van der Waals surface area (Å²) in [5.41, 5.74) is 0. The monoisotopic (exact) mass is 258 g/mol. The number of carboxylic acids is 1. The van der Waals surface area contributed by atoms with E-state index in [4.69, 9.17) is 19.1 Å². The number of hydrogen-bond donors (Lipinski definition) is 2. The van der Waals surface area contributed by atoms with Crippen LogP contribution in [0.5, 0.6) is 11.5 Å². The number of rotatable bonds is 6. The minimum Gasteiger partial charge on any atom is -0.495 e. The Bertz CT molecular complexity index is 393. The molecule has 0 aliphatic heterocycles. The number of carboxylic acid groups (broad SMARTS) is 1. The summed E-state index contributed by atoms with van der Waals surface area (Å²) < 4.78 is 19.3. The summed E-state index contributed by atoms with van der Waals surface area (Å²) in [7, 11) is 1.47. The Labute approximate surface area is 104 Å². The van der Waals surface area contributed by atoms with E-state index in [0.29, 0.717) is 34.9 Å². The molecule has 94 valence electrons. The number of carbonyl (C=O) groups is 1. The molecule has 0 fully saturated rings. The second kappa shape index (κ2) is 6.36. The van der Waals surface area contributed by atoms with Crippen LogP contribution in [0.4, 0.5) is 0 Å². The van der Waals surface area contributed by atoms with Gasteiger partial charge in [0.1, 0.15) is 11.5 Å². The van der Waals surface area contributed by atoms with Gasteiger partial charge in [0.05, 0.1) is 12.0 Å². The fourth-order valence-corrected chi connectivity index (χ4v) is 1.63. The Morgan fingerprint density at radius 2 is 2.24 bits per heavy atom. The second-order valence-electron chi connectivity index (χ2n) is 3.26. The molecule has 0 aliphatic carbocycles. The molecule has 0 aliphatic rings. The molecular weight excluding hydrogens is 244 g/mol. The van der Waals surface area contributed by atoms with Crippen LogP contribution in [0.15, 0.2) is 23.1 Å². The first-order valence-electron chi connectivity index (χ1n) is 5.01. The molecule has 1 rings (SSSR count). The molecule has 1 unspecified atom stereocenters. The predicted octanol–water partition coefficient (Wildman–Crippen LogP) is 2.50. The fraction of sp³-hybridized carbons (Fsp3) is 0.364. The zero-order chi connectivity index (χ0) is 12.8. The van der Waals surface area contributed by atoms with Crippen LogP contribution in [0.25, 0.3) is 0 Å². The van der Waals surface area contributed by atoms with Gasteiger partial charge in [-0.25, -0.2) is 4.79 Å². The molecule has 17 heavy (non-hydrogen) atoms. The maximum Gasteiger partial charge on any atom is 0.344 e. The van der Waals surface area contributed by atoms with Crippen molar-refractivity contribution >= 4 is 18.0 Å². The van der Waals surface area contributed by atoms with Crippen molar-refractivity contribution in [2.45, 2.75) is 24.3 Å². The highest BCUT2D eigenvalue weighted by Gasteiger charge is 2.17. The normalized spacial score (nSPS) is 11.9. The summed E-state index contributed by atoms with van der Waals surface area (Å²) in [4.78, 5) is 11.4. The summed E-state index contributed by atoms with van der Waals surface area (Å²) in [5, 5.41) is 8.86. The van der Waals surface area contributed by atoms with Gasteiger partial charge in [-0.2, -0.15) is 0 Å². The molecule has 0 amide bonds. The maximum atomic E-state index is 10.8. The average Bonchev–Trinajstić information content (AvgIpc) is 2.35. The first kappa shape index (κ1) is 13.7. The SMILES string of the molecule is CCC(Oc1ccc(SO)c(OC)c1)C(=O)O. The van der Waals surface area contributed by atoms with Crippen LogP contribution in [-0.2, 0) is 4.79 Å². The molecule has 0 saturated carbocycles. The number of methoxy groups -OCH3 is 1. The standard InChI is InChI=1S/C11H14O5S/c1-3-8(11(12)13)16-7-4-5-10(17-14)9(6-7)15-2/h4-6,8,14H,3H2,1-2H3,(H,12,13). The van der Waals surface area contributed by atoms with E-state index < -0.39 is 12.1 Å². The van der Waals surface area contributed by atoms with Gasteiger partial charge < -0.3 is 19.1 Å². The summed E-state index contributed by atoms with van der Waals surface area (Å²) in [6, 6.07) is 4.74. The van der Waals surface area contributed by atoms with E-state index in [1.807, 2.05) is 0 Å². The minimum absolute atomic E-state index is 0.369. The number of hydrogen-bond acceptors (Lipinski definition) is 5. The van der Waals surface area contributed by atoms with Crippen molar-refractivity contribution in [3.63, 3.8) is 0 Å². The maximum absolute atomic E-state index is 10.8. The molecule has 0 aromatic heterocycles. The van der Waals surface area contributed by atoms with Crippen molar-refractivity contribution < 1.29 is 23.9 Å². The topological polar surface area (TPSA) is 76.0 Å². The van der Waals surface area contributed by atoms with Crippen molar-refractivity contribution in [3.8, 4) is 11.5 Å². The highest BCUT2D eigenvalue weighted by atomic mass is 32.2. The number of benzene rings is 1. The zero-order valence-corrected chi connectivity index (χ0v) is 10.4. The fourth-order valence-electron chi connectivity index (χ4n) is 1.27. The van der Waals surface area contributed by atoms with E-state index in [2.05, 4.69) is 0 Å². The zero-order valence-electron chi connectivity index (χ0n) is 9.54. The third-order valence-electron chi connectivity index (χ3n) is 2.16. The summed E-state index contributed by atoms with van der Waals surface area (Å²) in [6.45, 7) is 1.73. The summed E-state index contributed by atoms with van der Waals surface area (Å²) >= 11 is 0.563. The van der Waals surface area contributed by atoms with E-state index in [-0.39, 0.29) is 0 Å². The van der Waals surface area contributed by atoms with Gasteiger partial charge in [-0.3, -0.25) is 0 Å². The van der Waals surface area contributed by atoms with Crippen LogP contribution in [0.3, 0.4) is 0 Å². The highest BCUT2D eigenvalue weighted by molar-refractivity contribution is 7.93. The molecule has 1 aromatic carbocycles. The van der Waals surface area contributed by atoms with Crippen LogP contribution in [0.1, 0.15) is 13.3 Å². The van der Waals surface area contributed by atoms with Crippen molar-refractivity contribution in [1.29, 1.82) is 0 Å². The van der Waals surface area contributed by atoms with Crippen molar-refractivity contribution in [2.24, 2.45) is 0 Å². The first-order valence-corrected chi connectivity index (χ1v) is 5.78. The van der Waals surface area contributed by atoms with Gasteiger partial charge in [0.15, 0.2) is 6.10 Å². The molecule has 0 heterocycles. The third kappa shape index (κ3) is 3.54.